The van der Waals surface area contributed by atoms with Gasteiger partial charge in [-0.2, -0.15) is 0 Å². The van der Waals surface area contributed by atoms with Gasteiger partial charge in [-0.05, 0) is 54.6 Å². The number of halogens is 2. The van der Waals surface area contributed by atoms with Crippen molar-refractivity contribution in [1.29, 1.82) is 0 Å². The Labute approximate surface area is 223 Å². The number of nitrogens with zero attached hydrogens (tertiary/aromatic N) is 1. The molecule has 1 heterocycles. The molecule has 2 N–H and O–H groups in total. The molecule has 0 radical (unpaired) electrons. The van der Waals surface area contributed by atoms with E-state index in [1.165, 1.54) is 30.3 Å². The minimum absolute atomic E-state index is 0.0255. The van der Waals surface area contributed by atoms with Gasteiger partial charge in [0.15, 0.2) is 0 Å². The highest BCUT2D eigenvalue weighted by atomic mass is 35.5. The van der Waals surface area contributed by atoms with E-state index in [0.717, 1.165) is 6.07 Å². The number of carbonyl (C=O) groups is 1. The van der Waals surface area contributed by atoms with E-state index in [0.29, 0.717) is 38.4 Å². The number of rotatable bonds is 9. The molecule has 0 bridgehead atoms. The topological polar surface area (TPSA) is 119 Å². The third-order valence-corrected chi connectivity index (χ3v) is 7.43. The molecule has 11 heteroatoms. The molecule has 0 amide bonds. The van der Waals surface area contributed by atoms with E-state index >= 15 is 0 Å². The van der Waals surface area contributed by atoms with Crippen molar-refractivity contribution in [3.05, 3.63) is 93.7 Å². The number of anilines is 1. The average Bonchev–Trinajstić information content (AvgIpc) is 3.27. The van der Waals surface area contributed by atoms with Crippen LogP contribution in [0.25, 0.3) is 11.3 Å². The molecule has 4 rings (SSSR count). The third-order valence-electron chi connectivity index (χ3n) is 5.42. The van der Waals surface area contributed by atoms with Gasteiger partial charge in [0, 0.05) is 17.2 Å². The summed E-state index contributed by atoms with van der Waals surface area (Å²) in [5.41, 5.74) is 1.90. The van der Waals surface area contributed by atoms with Crippen LogP contribution >= 0.6 is 23.2 Å². The highest BCUT2D eigenvalue weighted by Gasteiger charge is 2.24. The molecule has 1 aromatic heterocycles. The minimum Gasteiger partial charge on any atom is -0.489 e. The Hall–Kier alpha value is -3.53. The summed E-state index contributed by atoms with van der Waals surface area (Å²) in [7, 11) is -3.99. The largest absolute Gasteiger partial charge is 0.489 e. The molecule has 0 spiro atoms. The SMILES string of the molecule is CC(C)c1onc(-c2c(Cl)cccc2Cl)c1COc1ccc(NS(=O)(=O)c2cccc(C(=O)O)c2)cc1. The van der Waals surface area contributed by atoms with Crippen molar-refractivity contribution in [3.63, 3.8) is 0 Å². The number of carboxylic acids is 1. The first-order valence-corrected chi connectivity index (χ1v) is 13.3. The van der Waals surface area contributed by atoms with Crippen molar-refractivity contribution in [2.45, 2.75) is 31.3 Å². The van der Waals surface area contributed by atoms with Gasteiger partial charge in [0.25, 0.3) is 10.0 Å². The molecule has 0 saturated heterocycles. The van der Waals surface area contributed by atoms with Gasteiger partial charge in [0.1, 0.15) is 23.8 Å². The number of aromatic nitrogens is 1. The fraction of sp³-hybridized carbons (Fsp3) is 0.154. The lowest BCUT2D eigenvalue weighted by atomic mass is 10.0. The first kappa shape index (κ1) is 26.5. The highest BCUT2D eigenvalue weighted by Crippen LogP contribution is 2.38. The van der Waals surface area contributed by atoms with Crippen molar-refractivity contribution < 1.29 is 27.6 Å². The van der Waals surface area contributed by atoms with Crippen LogP contribution in [0, 0.1) is 0 Å². The Kier molecular flexibility index (Phi) is 7.77. The van der Waals surface area contributed by atoms with Crippen LogP contribution in [0.5, 0.6) is 5.75 Å². The Bertz CT molecular complexity index is 1530. The average molecular weight is 561 g/mol. The monoisotopic (exact) mass is 560 g/mol. The lowest BCUT2D eigenvalue weighted by Crippen LogP contribution is -2.13. The second-order valence-electron chi connectivity index (χ2n) is 8.38. The summed E-state index contributed by atoms with van der Waals surface area (Å²) >= 11 is 12.8. The number of benzene rings is 3. The highest BCUT2D eigenvalue weighted by molar-refractivity contribution is 7.92. The second-order valence-corrected chi connectivity index (χ2v) is 10.9. The van der Waals surface area contributed by atoms with E-state index in [-0.39, 0.29) is 28.7 Å². The molecule has 3 aromatic carbocycles. The van der Waals surface area contributed by atoms with Crippen molar-refractivity contribution in [3.8, 4) is 17.0 Å². The van der Waals surface area contributed by atoms with Crippen molar-refractivity contribution in [2.75, 3.05) is 4.72 Å². The molecule has 0 aliphatic carbocycles. The number of hydrogen-bond donors (Lipinski definition) is 2. The molecule has 4 aromatic rings. The maximum absolute atomic E-state index is 12.7. The van der Waals surface area contributed by atoms with Crippen molar-refractivity contribution in [1.82, 2.24) is 5.16 Å². The lowest BCUT2D eigenvalue weighted by Gasteiger charge is -2.12. The van der Waals surface area contributed by atoms with E-state index in [1.807, 2.05) is 13.8 Å². The molecule has 0 aliphatic rings. The zero-order chi connectivity index (χ0) is 26.7. The van der Waals surface area contributed by atoms with Crippen molar-refractivity contribution >= 4 is 44.9 Å². The van der Waals surface area contributed by atoms with Gasteiger partial charge >= 0.3 is 5.97 Å². The summed E-state index contributed by atoms with van der Waals surface area (Å²) in [5.74, 6) is -0.0774. The molecule has 192 valence electrons. The van der Waals surface area contributed by atoms with Crippen LogP contribution in [0.4, 0.5) is 5.69 Å². The maximum atomic E-state index is 12.7. The number of sulfonamides is 1. The van der Waals surface area contributed by atoms with Crippen LogP contribution in [0.2, 0.25) is 10.0 Å². The predicted molar refractivity (Wildman–Crippen MR) is 141 cm³/mol. The molecular formula is C26H22Cl2N2O6S. The van der Waals surface area contributed by atoms with E-state index in [4.69, 9.17) is 37.6 Å². The molecule has 0 fully saturated rings. The van der Waals surface area contributed by atoms with E-state index < -0.39 is 16.0 Å². The van der Waals surface area contributed by atoms with Gasteiger partial charge in [-0.25, -0.2) is 13.2 Å². The first-order valence-electron chi connectivity index (χ1n) is 11.1. The standard InChI is InChI=1S/C26H22Cl2N2O6S/c1-15(2)25-20(24(29-36-25)23-21(27)7-4-8-22(23)28)14-35-18-11-9-17(10-12-18)30-37(33,34)19-6-3-5-16(13-19)26(31)32/h3-13,15,30H,14H2,1-2H3,(H,31,32). The van der Waals surface area contributed by atoms with Crippen LogP contribution < -0.4 is 9.46 Å². The molecule has 8 nitrogen and oxygen atoms in total. The molecular weight excluding hydrogens is 539 g/mol. The fourth-order valence-electron chi connectivity index (χ4n) is 3.62. The summed E-state index contributed by atoms with van der Waals surface area (Å²) < 4.78 is 39.4. The maximum Gasteiger partial charge on any atom is 0.335 e. The molecule has 0 unspecified atom stereocenters. The third kappa shape index (κ3) is 5.90. The van der Waals surface area contributed by atoms with E-state index in [9.17, 15) is 13.2 Å². The van der Waals surface area contributed by atoms with Crippen molar-refractivity contribution in [2.24, 2.45) is 0 Å². The Balaban J connectivity index is 1.53. The fourth-order valence-corrected chi connectivity index (χ4v) is 5.30. The normalized spacial score (nSPS) is 11.5. The van der Waals surface area contributed by atoms with Crippen LogP contribution in [0.15, 0.2) is 76.1 Å². The van der Waals surface area contributed by atoms with Gasteiger partial charge in [0.2, 0.25) is 0 Å². The predicted octanol–water partition coefficient (Wildman–Crippen LogP) is 6.85. The smallest absolute Gasteiger partial charge is 0.335 e. The van der Waals surface area contributed by atoms with Gasteiger partial charge in [0.05, 0.1) is 26.1 Å². The summed E-state index contributed by atoms with van der Waals surface area (Å²) in [6.07, 6.45) is 0. The number of aromatic carboxylic acids is 1. The van der Waals surface area contributed by atoms with E-state index in [1.54, 1.807) is 30.3 Å². The molecule has 0 aliphatic heterocycles. The number of hydrogen-bond acceptors (Lipinski definition) is 6. The van der Waals surface area contributed by atoms with Gasteiger partial charge in [-0.3, -0.25) is 4.72 Å². The van der Waals surface area contributed by atoms with Gasteiger partial charge < -0.3 is 14.4 Å². The number of nitrogens with one attached hydrogen (secondary N) is 1. The summed E-state index contributed by atoms with van der Waals surface area (Å²) in [4.78, 5) is 11.0. The van der Waals surface area contributed by atoms with Crippen LogP contribution in [0.3, 0.4) is 0 Å². The Morgan fingerprint density at radius 2 is 1.70 bits per heavy atom. The molecule has 0 atom stereocenters. The first-order chi connectivity index (χ1) is 17.6. The zero-order valence-electron chi connectivity index (χ0n) is 19.7. The molecule has 37 heavy (non-hydrogen) atoms. The Morgan fingerprint density at radius 3 is 2.32 bits per heavy atom. The van der Waals surface area contributed by atoms with Gasteiger partial charge in [-0.15, -0.1) is 0 Å². The van der Waals surface area contributed by atoms with E-state index in [2.05, 4.69) is 9.88 Å². The number of carboxylic acid groups (broad SMARTS) is 1. The number of ether oxygens (including phenoxy) is 1. The minimum atomic E-state index is -3.99. The summed E-state index contributed by atoms with van der Waals surface area (Å²) in [6.45, 7) is 4.05. The van der Waals surface area contributed by atoms with Crippen LogP contribution in [-0.4, -0.2) is 24.7 Å². The van der Waals surface area contributed by atoms with Gasteiger partial charge in [-0.1, -0.05) is 54.3 Å². The quantitative estimate of drug-likeness (QED) is 0.229. The van der Waals surface area contributed by atoms with Crippen LogP contribution in [-0.2, 0) is 16.6 Å². The second kappa shape index (κ2) is 10.8. The zero-order valence-corrected chi connectivity index (χ0v) is 22.1. The molecule has 0 saturated carbocycles. The lowest BCUT2D eigenvalue weighted by molar-refractivity contribution is 0.0696. The summed E-state index contributed by atoms with van der Waals surface area (Å²) in [6, 6.07) is 16.6. The Morgan fingerprint density at radius 1 is 1.05 bits per heavy atom. The summed E-state index contributed by atoms with van der Waals surface area (Å²) in [5, 5.41) is 14.2. The van der Waals surface area contributed by atoms with Crippen LogP contribution in [0.1, 0.15) is 41.4 Å².